The predicted octanol–water partition coefficient (Wildman–Crippen LogP) is 3.01. The molecule has 1 amide bonds. The summed E-state index contributed by atoms with van der Waals surface area (Å²) in [4.78, 5) is 12.5. The molecule has 6 heteroatoms. The topological polar surface area (TPSA) is 66.0 Å². The lowest BCUT2D eigenvalue weighted by atomic mass is 9.97. The van der Waals surface area contributed by atoms with Crippen LogP contribution in [0.2, 0.25) is 0 Å². The molecule has 1 aliphatic heterocycles. The summed E-state index contributed by atoms with van der Waals surface area (Å²) in [7, 11) is 4.68. The van der Waals surface area contributed by atoms with Crippen LogP contribution < -0.4 is 24.3 Å². The van der Waals surface area contributed by atoms with Gasteiger partial charge in [-0.3, -0.25) is 4.79 Å². The molecule has 1 atom stereocenters. The smallest absolute Gasteiger partial charge is 0.224 e. The van der Waals surface area contributed by atoms with Crippen LogP contribution in [0.5, 0.6) is 23.0 Å². The maximum atomic E-state index is 12.5. The molecule has 3 rings (SSSR count). The number of rotatable bonds is 7. The van der Waals surface area contributed by atoms with Crippen molar-refractivity contribution in [2.75, 3.05) is 34.5 Å². The van der Waals surface area contributed by atoms with Crippen LogP contribution in [0.15, 0.2) is 36.4 Å². The average molecular weight is 385 g/mol. The molecule has 0 bridgehead atoms. The number of fused-ring (bicyclic) bond motifs is 1. The number of carbonyl (C=O) groups excluding carboxylic acids is 1. The molecule has 0 saturated heterocycles. The Morgan fingerprint density at radius 3 is 2.50 bits per heavy atom. The second-order valence-electron chi connectivity index (χ2n) is 6.83. The van der Waals surface area contributed by atoms with Gasteiger partial charge in [-0.2, -0.15) is 0 Å². The molecule has 2 aromatic rings. The standard InChI is InChI=1S/C22H27NO5/c1-25-19-11-16(12-20(26-2)22(19)27-3)13-21(24)23-14-15-8-9-28-18-7-5-4-6-17(18)10-15/h4-7,11-12,15H,8-10,13-14H2,1-3H3,(H,23,24). The summed E-state index contributed by atoms with van der Waals surface area (Å²) in [6.07, 6.45) is 2.07. The first-order chi connectivity index (χ1) is 13.6. The van der Waals surface area contributed by atoms with Crippen molar-refractivity contribution in [2.24, 2.45) is 5.92 Å². The van der Waals surface area contributed by atoms with Gasteiger partial charge in [0.2, 0.25) is 11.7 Å². The van der Waals surface area contributed by atoms with E-state index in [4.69, 9.17) is 18.9 Å². The quantitative estimate of drug-likeness (QED) is 0.794. The minimum Gasteiger partial charge on any atom is -0.493 e. The van der Waals surface area contributed by atoms with Gasteiger partial charge in [-0.25, -0.2) is 0 Å². The van der Waals surface area contributed by atoms with Crippen molar-refractivity contribution in [3.63, 3.8) is 0 Å². The van der Waals surface area contributed by atoms with E-state index in [0.29, 0.717) is 36.3 Å². The maximum Gasteiger partial charge on any atom is 0.224 e. The first-order valence-electron chi connectivity index (χ1n) is 9.41. The molecule has 0 fully saturated rings. The molecular formula is C22H27NO5. The number of carbonyl (C=O) groups is 1. The zero-order valence-electron chi connectivity index (χ0n) is 16.6. The summed E-state index contributed by atoms with van der Waals surface area (Å²) in [6.45, 7) is 1.30. The molecule has 1 unspecified atom stereocenters. The van der Waals surface area contributed by atoms with Crippen molar-refractivity contribution in [3.8, 4) is 23.0 Å². The highest BCUT2D eigenvalue weighted by Gasteiger charge is 2.19. The molecule has 0 aliphatic carbocycles. The summed E-state index contributed by atoms with van der Waals surface area (Å²) in [6, 6.07) is 11.7. The van der Waals surface area contributed by atoms with Crippen molar-refractivity contribution < 1.29 is 23.7 Å². The molecule has 1 aliphatic rings. The summed E-state index contributed by atoms with van der Waals surface area (Å²) >= 11 is 0. The molecule has 2 aromatic carbocycles. The monoisotopic (exact) mass is 385 g/mol. The third kappa shape index (κ3) is 4.68. The van der Waals surface area contributed by atoms with Crippen molar-refractivity contribution in [1.82, 2.24) is 5.32 Å². The predicted molar refractivity (Wildman–Crippen MR) is 107 cm³/mol. The molecule has 28 heavy (non-hydrogen) atoms. The Morgan fingerprint density at radius 2 is 1.82 bits per heavy atom. The number of para-hydroxylation sites is 1. The lowest BCUT2D eigenvalue weighted by Crippen LogP contribution is -2.31. The number of hydrogen-bond acceptors (Lipinski definition) is 5. The van der Waals surface area contributed by atoms with Crippen LogP contribution in [0.1, 0.15) is 17.5 Å². The number of hydrogen-bond donors (Lipinski definition) is 1. The van der Waals surface area contributed by atoms with Crippen molar-refractivity contribution in [1.29, 1.82) is 0 Å². The summed E-state index contributed by atoms with van der Waals surface area (Å²) < 4.78 is 21.8. The third-order valence-electron chi connectivity index (χ3n) is 4.94. The molecule has 150 valence electrons. The van der Waals surface area contributed by atoms with Gasteiger partial charge in [-0.1, -0.05) is 18.2 Å². The molecule has 0 saturated carbocycles. The molecule has 1 N–H and O–H groups in total. The Kier molecular flexibility index (Phi) is 6.63. The summed E-state index contributed by atoms with van der Waals surface area (Å²) in [5.74, 6) is 2.88. The molecule has 0 aromatic heterocycles. The number of ether oxygens (including phenoxy) is 4. The van der Waals surface area contributed by atoms with Crippen molar-refractivity contribution in [3.05, 3.63) is 47.5 Å². The molecular weight excluding hydrogens is 358 g/mol. The van der Waals surface area contributed by atoms with E-state index in [1.807, 2.05) is 18.2 Å². The van der Waals surface area contributed by atoms with Crippen LogP contribution in [0.4, 0.5) is 0 Å². The number of nitrogens with one attached hydrogen (secondary N) is 1. The van der Waals surface area contributed by atoms with Crippen molar-refractivity contribution >= 4 is 5.91 Å². The fourth-order valence-corrected chi connectivity index (χ4v) is 3.48. The highest BCUT2D eigenvalue weighted by atomic mass is 16.5. The van der Waals surface area contributed by atoms with Crippen LogP contribution in [0.25, 0.3) is 0 Å². The van der Waals surface area contributed by atoms with Crippen LogP contribution in [0, 0.1) is 5.92 Å². The molecule has 0 radical (unpaired) electrons. The number of methoxy groups -OCH3 is 3. The van der Waals surface area contributed by atoms with Gasteiger partial charge < -0.3 is 24.3 Å². The van der Waals surface area contributed by atoms with Crippen LogP contribution in [0.3, 0.4) is 0 Å². The first-order valence-corrected chi connectivity index (χ1v) is 9.41. The van der Waals surface area contributed by atoms with Gasteiger partial charge in [-0.15, -0.1) is 0 Å². The van der Waals surface area contributed by atoms with E-state index < -0.39 is 0 Å². The first kappa shape index (κ1) is 19.9. The van der Waals surface area contributed by atoms with E-state index in [-0.39, 0.29) is 12.3 Å². The van der Waals surface area contributed by atoms with Crippen LogP contribution in [-0.4, -0.2) is 40.4 Å². The highest BCUT2D eigenvalue weighted by molar-refractivity contribution is 5.79. The zero-order chi connectivity index (χ0) is 19.9. The minimum absolute atomic E-state index is 0.0345. The SMILES string of the molecule is COc1cc(CC(=O)NCC2CCOc3ccccc3C2)cc(OC)c1OC. The number of amides is 1. The average Bonchev–Trinajstić information content (AvgIpc) is 2.93. The lowest BCUT2D eigenvalue weighted by Gasteiger charge is -2.16. The second-order valence-corrected chi connectivity index (χ2v) is 6.83. The van der Waals surface area contributed by atoms with Gasteiger partial charge in [0.25, 0.3) is 0 Å². The Balaban J connectivity index is 1.60. The normalized spacial score (nSPS) is 15.6. The molecule has 6 nitrogen and oxygen atoms in total. The Labute approximate surface area is 165 Å². The van der Waals surface area contributed by atoms with Crippen LogP contribution in [-0.2, 0) is 17.6 Å². The van der Waals surface area contributed by atoms with Gasteiger partial charge in [0.1, 0.15) is 5.75 Å². The van der Waals surface area contributed by atoms with Gasteiger partial charge in [0.05, 0.1) is 34.4 Å². The minimum atomic E-state index is -0.0345. The fourth-order valence-electron chi connectivity index (χ4n) is 3.48. The van der Waals surface area contributed by atoms with E-state index >= 15 is 0 Å². The second kappa shape index (κ2) is 9.35. The maximum absolute atomic E-state index is 12.5. The van der Waals surface area contributed by atoms with E-state index in [1.54, 1.807) is 33.5 Å². The van der Waals surface area contributed by atoms with Crippen molar-refractivity contribution in [2.45, 2.75) is 19.3 Å². The van der Waals surface area contributed by atoms with E-state index in [9.17, 15) is 4.79 Å². The third-order valence-corrected chi connectivity index (χ3v) is 4.94. The fraction of sp³-hybridized carbons (Fsp3) is 0.409. The Hall–Kier alpha value is -2.89. The summed E-state index contributed by atoms with van der Waals surface area (Å²) in [5.41, 5.74) is 2.01. The van der Waals surface area contributed by atoms with Gasteiger partial charge in [0, 0.05) is 6.54 Å². The highest BCUT2D eigenvalue weighted by Crippen LogP contribution is 2.38. The van der Waals surface area contributed by atoms with Gasteiger partial charge in [0.15, 0.2) is 11.5 Å². The van der Waals surface area contributed by atoms with Gasteiger partial charge >= 0.3 is 0 Å². The largest absolute Gasteiger partial charge is 0.493 e. The summed E-state index contributed by atoms with van der Waals surface area (Å²) in [5, 5.41) is 3.06. The number of benzene rings is 2. The molecule has 1 heterocycles. The Morgan fingerprint density at radius 1 is 1.11 bits per heavy atom. The molecule has 0 spiro atoms. The van der Waals surface area contributed by atoms with E-state index in [1.165, 1.54) is 5.56 Å². The van der Waals surface area contributed by atoms with Gasteiger partial charge in [-0.05, 0) is 48.1 Å². The van der Waals surface area contributed by atoms with E-state index in [2.05, 4.69) is 11.4 Å². The lowest BCUT2D eigenvalue weighted by molar-refractivity contribution is -0.120. The van der Waals surface area contributed by atoms with E-state index in [0.717, 1.165) is 24.2 Å². The zero-order valence-corrected chi connectivity index (χ0v) is 16.6. The van der Waals surface area contributed by atoms with Crippen LogP contribution >= 0.6 is 0 Å². The Bertz CT molecular complexity index is 795.